The Labute approximate surface area is 68.5 Å². The van der Waals surface area contributed by atoms with Gasteiger partial charge in [0, 0.05) is 0 Å². The molecule has 1 rings (SSSR count). The Morgan fingerprint density at radius 2 is 2.17 bits per heavy atom. The van der Waals surface area contributed by atoms with Gasteiger partial charge in [0.05, 0.1) is 6.10 Å². The van der Waals surface area contributed by atoms with Gasteiger partial charge in [-0.2, -0.15) is 0 Å². The summed E-state index contributed by atoms with van der Waals surface area (Å²) in [6, 6.07) is 0. The summed E-state index contributed by atoms with van der Waals surface area (Å²) in [7, 11) is 0. The quantitative estimate of drug-likeness (QED) is 0.599. The predicted octanol–water partition coefficient (Wildman–Crippen LogP) is 2.80. The van der Waals surface area contributed by atoms with Crippen LogP contribution in [0.2, 0.25) is 0 Å². The van der Waals surface area contributed by atoms with Crippen molar-refractivity contribution in [2.45, 2.75) is 25.8 Å². The molecule has 0 radical (unpaired) electrons. The standard InChI is InChI=1S/C8H9F3O/c1-6-2-4-7(5-3-6)12-8(9,10)11/h2-4,7H,5H2,1H3/t7-/m0/s1. The second-order valence-corrected chi connectivity index (χ2v) is 2.65. The van der Waals surface area contributed by atoms with E-state index in [9.17, 15) is 13.2 Å². The zero-order valence-electron chi connectivity index (χ0n) is 6.56. The van der Waals surface area contributed by atoms with Gasteiger partial charge in [0.2, 0.25) is 0 Å². The third-order valence-electron chi connectivity index (χ3n) is 1.53. The Balaban J connectivity index is 2.44. The van der Waals surface area contributed by atoms with E-state index < -0.39 is 12.5 Å². The van der Waals surface area contributed by atoms with Crippen LogP contribution in [0, 0.1) is 0 Å². The Hall–Kier alpha value is -0.770. The molecule has 0 unspecified atom stereocenters. The first kappa shape index (κ1) is 9.32. The maximum absolute atomic E-state index is 11.7. The molecule has 0 N–H and O–H groups in total. The molecule has 1 aliphatic rings. The predicted molar refractivity (Wildman–Crippen MR) is 38.4 cm³/mol. The van der Waals surface area contributed by atoms with Gasteiger partial charge >= 0.3 is 6.36 Å². The third kappa shape index (κ3) is 3.09. The summed E-state index contributed by atoms with van der Waals surface area (Å²) in [4.78, 5) is 0. The fourth-order valence-corrected chi connectivity index (χ4v) is 0.967. The summed E-state index contributed by atoms with van der Waals surface area (Å²) in [6.45, 7) is 1.83. The topological polar surface area (TPSA) is 9.23 Å². The van der Waals surface area contributed by atoms with E-state index in [0.29, 0.717) is 6.42 Å². The summed E-state index contributed by atoms with van der Waals surface area (Å²) in [5.41, 5.74) is 0.969. The van der Waals surface area contributed by atoms with Gasteiger partial charge in [-0.1, -0.05) is 23.8 Å². The number of hydrogen-bond acceptors (Lipinski definition) is 1. The first-order valence-corrected chi connectivity index (χ1v) is 3.57. The van der Waals surface area contributed by atoms with Gasteiger partial charge in [0.15, 0.2) is 0 Å². The molecule has 0 saturated carbocycles. The Morgan fingerprint density at radius 3 is 2.58 bits per heavy atom. The summed E-state index contributed by atoms with van der Waals surface area (Å²) in [6.07, 6.45) is -0.330. The highest BCUT2D eigenvalue weighted by Gasteiger charge is 2.32. The Kier molecular flexibility index (Phi) is 2.57. The highest BCUT2D eigenvalue weighted by Crippen LogP contribution is 2.23. The molecule has 0 saturated heterocycles. The first-order chi connectivity index (χ1) is 5.47. The van der Waals surface area contributed by atoms with E-state index in [1.165, 1.54) is 6.08 Å². The normalized spacial score (nSPS) is 24.0. The van der Waals surface area contributed by atoms with Crippen LogP contribution >= 0.6 is 0 Å². The fraction of sp³-hybridized carbons (Fsp3) is 0.500. The molecule has 1 atom stereocenters. The van der Waals surface area contributed by atoms with E-state index in [1.54, 1.807) is 12.2 Å². The van der Waals surface area contributed by atoms with Crippen molar-refractivity contribution in [3.8, 4) is 0 Å². The monoisotopic (exact) mass is 178 g/mol. The molecule has 0 spiro atoms. The lowest BCUT2D eigenvalue weighted by Crippen LogP contribution is -2.22. The molecule has 0 bridgehead atoms. The van der Waals surface area contributed by atoms with Crippen LogP contribution < -0.4 is 0 Å². The minimum Gasteiger partial charge on any atom is -0.284 e. The van der Waals surface area contributed by atoms with E-state index >= 15 is 0 Å². The molecule has 0 fully saturated rings. The van der Waals surface area contributed by atoms with Crippen LogP contribution in [0.1, 0.15) is 13.3 Å². The molecule has 0 aromatic heterocycles. The van der Waals surface area contributed by atoms with Crippen molar-refractivity contribution in [2.24, 2.45) is 0 Å². The van der Waals surface area contributed by atoms with Gasteiger partial charge in [-0.25, -0.2) is 0 Å². The lowest BCUT2D eigenvalue weighted by molar-refractivity contribution is -0.336. The van der Waals surface area contributed by atoms with E-state index in [0.717, 1.165) is 5.57 Å². The number of hydrogen-bond donors (Lipinski definition) is 0. The van der Waals surface area contributed by atoms with E-state index in [2.05, 4.69) is 4.74 Å². The molecular weight excluding hydrogens is 169 g/mol. The maximum atomic E-state index is 11.7. The van der Waals surface area contributed by atoms with Crippen LogP contribution in [0.15, 0.2) is 23.8 Å². The zero-order chi connectivity index (χ0) is 9.19. The number of allylic oxidation sites excluding steroid dienone is 2. The largest absolute Gasteiger partial charge is 0.523 e. The van der Waals surface area contributed by atoms with Crippen molar-refractivity contribution >= 4 is 0 Å². The van der Waals surface area contributed by atoms with Gasteiger partial charge in [0.1, 0.15) is 0 Å². The molecule has 1 nitrogen and oxygen atoms in total. The van der Waals surface area contributed by atoms with Crippen molar-refractivity contribution in [3.05, 3.63) is 23.8 Å². The van der Waals surface area contributed by atoms with Gasteiger partial charge in [0.25, 0.3) is 0 Å². The SMILES string of the molecule is CC1=CC[C@@H](OC(F)(F)F)C=C1. The molecule has 1 aliphatic carbocycles. The molecule has 0 aliphatic heterocycles. The van der Waals surface area contributed by atoms with E-state index in [1.807, 2.05) is 6.92 Å². The van der Waals surface area contributed by atoms with Crippen LogP contribution in [0.25, 0.3) is 0 Å². The average molecular weight is 178 g/mol. The molecule has 0 aromatic carbocycles. The average Bonchev–Trinajstić information content (AvgIpc) is 1.91. The van der Waals surface area contributed by atoms with Crippen LogP contribution in [-0.4, -0.2) is 12.5 Å². The minimum absolute atomic E-state index is 0.293. The molecule has 0 aromatic rings. The minimum atomic E-state index is -4.53. The fourth-order valence-electron chi connectivity index (χ4n) is 0.967. The first-order valence-electron chi connectivity index (χ1n) is 3.57. The highest BCUT2D eigenvalue weighted by atomic mass is 19.4. The second-order valence-electron chi connectivity index (χ2n) is 2.65. The van der Waals surface area contributed by atoms with Gasteiger partial charge in [-0.15, -0.1) is 13.2 Å². The summed E-state index contributed by atoms with van der Waals surface area (Å²) in [5.74, 6) is 0. The molecule has 0 heterocycles. The molecule has 68 valence electrons. The number of alkyl halides is 3. The number of ether oxygens (including phenoxy) is 1. The van der Waals surface area contributed by atoms with Crippen molar-refractivity contribution in [1.82, 2.24) is 0 Å². The Bertz CT molecular complexity index is 215. The highest BCUT2D eigenvalue weighted by molar-refractivity contribution is 5.21. The molecule has 0 amide bonds. The van der Waals surface area contributed by atoms with E-state index in [-0.39, 0.29) is 0 Å². The number of rotatable bonds is 1. The third-order valence-corrected chi connectivity index (χ3v) is 1.53. The van der Waals surface area contributed by atoms with Gasteiger partial charge in [-0.3, -0.25) is 4.74 Å². The van der Waals surface area contributed by atoms with Crippen LogP contribution in [0.4, 0.5) is 13.2 Å². The van der Waals surface area contributed by atoms with Gasteiger partial charge in [-0.05, 0) is 13.3 Å². The summed E-state index contributed by atoms with van der Waals surface area (Å²) in [5, 5.41) is 0. The zero-order valence-corrected chi connectivity index (χ0v) is 6.56. The van der Waals surface area contributed by atoms with Crippen molar-refractivity contribution in [2.75, 3.05) is 0 Å². The lowest BCUT2D eigenvalue weighted by atomic mass is 10.1. The van der Waals surface area contributed by atoms with Crippen LogP contribution in [0.5, 0.6) is 0 Å². The van der Waals surface area contributed by atoms with Gasteiger partial charge < -0.3 is 0 Å². The molecule has 4 heteroatoms. The van der Waals surface area contributed by atoms with Crippen molar-refractivity contribution in [1.29, 1.82) is 0 Å². The molecular formula is C8H9F3O. The smallest absolute Gasteiger partial charge is 0.284 e. The summed E-state index contributed by atoms with van der Waals surface area (Å²) < 4.78 is 38.8. The Morgan fingerprint density at radius 1 is 1.50 bits per heavy atom. The maximum Gasteiger partial charge on any atom is 0.523 e. The van der Waals surface area contributed by atoms with Crippen molar-refractivity contribution in [3.63, 3.8) is 0 Å². The molecule has 12 heavy (non-hydrogen) atoms. The number of halogens is 3. The second kappa shape index (κ2) is 3.31. The van der Waals surface area contributed by atoms with Crippen LogP contribution in [-0.2, 0) is 4.74 Å². The van der Waals surface area contributed by atoms with E-state index in [4.69, 9.17) is 0 Å². The lowest BCUT2D eigenvalue weighted by Gasteiger charge is -2.17. The van der Waals surface area contributed by atoms with Crippen LogP contribution in [0.3, 0.4) is 0 Å². The summed E-state index contributed by atoms with van der Waals surface area (Å²) >= 11 is 0. The van der Waals surface area contributed by atoms with Crippen molar-refractivity contribution < 1.29 is 17.9 Å².